The number of anilines is 1. The summed E-state index contributed by atoms with van der Waals surface area (Å²) in [4.78, 5) is 19.3. The van der Waals surface area contributed by atoms with Crippen LogP contribution < -0.4 is 5.32 Å². The molecule has 2 aliphatic heterocycles. The van der Waals surface area contributed by atoms with Crippen molar-refractivity contribution in [1.29, 1.82) is 0 Å². The van der Waals surface area contributed by atoms with Crippen LogP contribution in [0.5, 0.6) is 0 Å². The molecule has 2 aromatic rings. The van der Waals surface area contributed by atoms with Gasteiger partial charge in [-0.1, -0.05) is 24.3 Å². The lowest BCUT2D eigenvalue weighted by molar-refractivity contribution is -0.144. The number of hydrogen-bond acceptors (Lipinski definition) is 6. The second-order valence-electron chi connectivity index (χ2n) is 10.8. The number of carboxylic acids is 1. The van der Waals surface area contributed by atoms with E-state index in [1.54, 1.807) is 0 Å². The largest absolute Gasteiger partial charge is 0.480 e. The van der Waals surface area contributed by atoms with Gasteiger partial charge in [0.15, 0.2) is 0 Å². The van der Waals surface area contributed by atoms with Gasteiger partial charge in [0, 0.05) is 24.9 Å². The topological polar surface area (TPSA) is 83.9 Å². The van der Waals surface area contributed by atoms with E-state index in [0.717, 1.165) is 87.2 Å². The molecular weight excluding hydrogens is 466 g/mol. The monoisotopic (exact) mass is 507 g/mol. The molecule has 1 fully saturated rings. The highest BCUT2D eigenvalue weighted by Crippen LogP contribution is 2.38. The van der Waals surface area contributed by atoms with Crippen LogP contribution in [0.1, 0.15) is 85.5 Å². The second kappa shape index (κ2) is 11.9. The van der Waals surface area contributed by atoms with E-state index in [-0.39, 0.29) is 18.2 Å². The number of rotatable bonds is 10. The highest BCUT2D eigenvalue weighted by molar-refractivity contribution is 5.76. The number of aryl methyl sites for hydroxylation is 2. The Labute approximate surface area is 220 Å². The van der Waals surface area contributed by atoms with Gasteiger partial charge in [-0.3, -0.25) is 9.69 Å². The van der Waals surface area contributed by atoms with Gasteiger partial charge in [-0.15, -0.1) is 0 Å². The Hall–Kier alpha value is -2.48. The van der Waals surface area contributed by atoms with Crippen molar-refractivity contribution in [3.05, 3.63) is 58.3 Å². The fourth-order valence-corrected chi connectivity index (χ4v) is 6.36. The second-order valence-corrected chi connectivity index (χ2v) is 10.8. The average molecular weight is 508 g/mol. The molecule has 0 bridgehead atoms. The summed E-state index contributed by atoms with van der Waals surface area (Å²) in [6.45, 7) is 4.48. The summed E-state index contributed by atoms with van der Waals surface area (Å²) >= 11 is 0. The highest BCUT2D eigenvalue weighted by atomic mass is 16.5. The Kier molecular flexibility index (Phi) is 8.43. The summed E-state index contributed by atoms with van der Waals surface area (Å²) in [7, 11) is 1.96. The molecule has 0 saturated heterocycles. The molecule has 0 unspecified atom stereocenters. The number of hydrogen-bond donors (Lipinski definition) is 2. The standard InChI is InChI=1S/C30H41N3O4/c1-20-27-21(15-18-36-20)7-5-10-26(27)28(30(34)35)33(2)24-13-14-25(19-24)37-17-4-3-9-23-12-11-22-8-6-16-31-29(22)32-23/h5,7,10-12,20,24-25,28H,3-4,6,8-9,13-19H2,1-2H3,(H,31,32)(H,34,35)/t20-,24+,25+,28+/m1/s1. The maximum Gasteiger partial charge on any atom is 0.325 e. The van der Waals surface area contributed by atoms with Gasteiger partial charge in [-0.25, -0.2) is 4.98 Å². The maximum atomic E-state index is 12.5. The van der Waals surface area contributed by atoms with Gasteiger partial charge in [0.2, 0.25) is 0 Å². The number of aliphatic carboxylic acids is 1. The number of unbranched alkanes of at least 4 members (excludes halogenated alkanes) is 1. The van der Waals surface area contributed by atoms with Gasteiger partial charge in [0.25, 0.3) is 0 Å². The normalized spacial score (nSPS) is 23.8. The molecule has 1 saturated carbocycles. The average Bonchev–Trinajstić information content (AvgIpc) is 3.37. The van der Waals surface area contributed by atoms with Crippen LogP contribution in [0.25, 0.3) is 0 Å². The first kappa shape index (κ1) is 26.1. The lowest BCUT2D eigenvalue weighted by atomic mass is 9.88. The number of carbonyl (C=O) groups is 1. The molecule has 5 rings (SSSR count). The van der Waals surface area contributed by atoms with E-state index in [2.05, 4.69) is 28.4 Å². The summed E-state index contributed by atoms with van der Waals surface area (Å²) in [5, 5.41) is 13.7. The van der Waals surface area contributed by atoms with Gasteiger partial charge in [0.1, 0.15) is 11.9 Å². The Balaban J connectivity index is 1.11. The maximum absolute atomic E-state index is 12.5. The number of likely N-dealkylation sites (N-methyl/N-ethyl adjacent to an activating group) is 1. The van der Waals surface area contributed by atoms with Crippen molar-refractivity contribution in [3.63, 3.8) is 0 Å². The number of nitrogens with one attached hydrogen (secondary N) is 1. The number of fused-ring (bicyclic) bond motifs is 2. The summed E-state index contributed by atoms with van der Waals surface area (Å²) < 4.78 is 12.1. The van der Waals surface area contributed by atoms with Crippen LogP contribution in [0, 0.1) is 0 Å². The molecule has 0 radical (unpaired) electrons. The van der Waals surface area contributed by atoms with E-state index < -0.39 is 12.0 Å². The molecule has 37 heavy (non-hydrogen) atoms. The number of benzene rings is 1. The predicted octanol–water partition coefficient (Wildman–Crippen LogP) is 5.09. The summed E-state index contributed by atoms with van der Waals surface area (Å²) in [5.41, 5.74) is 5.63. The molecule has 3 aliphatic rings. The smallest absolute Gasteiger partial charge is 0.325 e. The molecule has 7 heteroatoms. The zero-order chi connectivity index (χ0) is 25.8. The van der Waals surface area contributed by atoms with E-state index >= 15 is 0 Å². The van der Waals surface area contributed by atoms with Gasteiger partial charge in [-0.05, 0) is 100 Å². The van der Waals surface area contributed by atoms with Crippen LogP contribution in [0.2, 0.25) is 0 Å². The number of pyridine rings is 1. The lowest BCUT2D eigenvalue weighted by Crippen LogP contribution is -2.39. The Morgan fingerprint density at radius 1 is 1.22 bits per heavy atom. The van der Waals surface area contributed by atoms with Crippen LogP contribution in [-0.4, -0.2) is 59.9 Å². The van der Waals surface area contributed by atoms with Crippen molar-refractivity contribution in [2.24, 2.45) is 0 Å². The number of nitrogens with zero attached hydrogens (tertiary/aromatic N) is 2. The number of ether oxygens (including phenoxy) is 2. The Morgan fingerprint density at radius 2 is 2.11 bits per heavy atom. The van der Waals surface area contributed by atoms with Gasteiger partial charge >= 0.3 is 5.97 Å². The molecule has 1 aliphatic carbocycles. The zero-order valence-corrected chi connectivity index (χ0v) is 22.2. The van der Waals surface area contributed by atoms with Crippen molar-refractivity contribution >= 4 is 11.8 Å². The summed E-state index contributed by atoms with van der Waals surface area (Å²) in [6, 6.07) is 9.96. The Morgan fingerprint density at radius 3 is 2.97 bits per heavy atom. The van der Waals surface area contributed by atoms with Crippen molar-refractivity contribution in [1.82, 2.24) is 9.88 Å². The van der Waals surface area contributed by atoms with Crippen LogP contribution in [0.15, 0.2) is 30.3 Å². The van der Waals surface area contributed by atoms with E-state index in [1.165, 1.54) is 17.5 Å². The lowest BCUT2D eigenvalue weighted by Gasteiger charge is -2.34. The first-order chi connectivity index (χ1) is 18.0. The molecule has 1 aromatic carbocycles. The molecule has 0 spiro atoms. The fraction of sp³-hybridized carbons (Fsp3) is 0.600. The van der Waals surface area contributed by atoms with Crippen molar-refractivity contribution in [2.45, 2.75) is 89.0 Å². The highest BCUT2D eigenvalue weighted by Gasteiger charge is 2.37. The molecule has 2 N–H and O–H groups in total. The van der Waals surface area contributed by atoms with Crippen molar-refractivity contribution in [3.8, 4) is 0 Å². The van der Waals surface area contributed by atoms with Crippen LogP contribution in [0.4, 0.5) is 5.82 Å². The van der Waals surface area contributed by atoms with Crippen LogP contribution in [0.3, 0.4) is 0 Å². The minimum absolute atomic E-state index is 0.0809. The van der Waals surface area contributed by atoms with E-state index in [9.17, 15) is 9.90 Å². The van der Waals surface area contributed by atoms with Gasteiger partial charge in [0.05, 0.1) is 18.8 Å². The van der Waals surface area contributed by atoms with Crippen molar-refractivity contribution < 1.29 is 19.4 Å². The molecule has 200 valence electrons. The minimum atomic E-state index is -0.802. The SMILES string of the molecule is C[C@H]1OCCc2cccc([C@@H](C(=O)O)N(C)[C@H]3CC[C@H](OCCCCc4ccc5c(n4)NCCC5)C3)c21. The van der Waals surface area contributed by atoms with Gasteiger partial charge in [-0.2, -0.15) is 0 Å². The third-order valence-electron chi connectivity index (χ3n) is 8.38. The minimum Gasteiger partial charge on any atom is -0.480 e. The third-order valence-corrected chi connectivity index (χ3v) is 8.38. The van der Waals surface area contributed by atoms with Gasteiger partial charge < -0.3 is 19.9 Å². The third kappa shape index (κ3) is 6.00. The number of carboxylic acid groups (broad SMARTS) is 1. The van der Waals surface area contributed by atoms with Crippen LogP contribution >= 0.6 is 0 Å². The number of aromatic nitrogens is 1. The summed E-state index contributed by atoms with van der Waals surface area (Å²) in [6.07, 6.45) is 9.10. The molecule has 4 atom stereocenters. The van der Waals surface area contributed by atoms with Crippen molar-refractivity contribution in [2.75, 3.05) is 32.1 Å². The molecule has 0 amide bonds. The molecular formula is C30H41N3O4. The predicted molar refractivity (Wildman–Crippen MR) is 144 cm³/mol. The van der Waals surface area contributed by atoms with E-state index in [1.807, 2.05) is 26.1 Å². The van der Waals surface area contributed by atoms with E-state index in [4.69, 9.17) is 14.5 Å². The fourth-order valence-electron chi connectivity index (χ4n) is 6.36. The first-order valence-corrected chi connectivity index (χ1v) is 14.0. The zero-order valence-electron chi connectivity index (χ0n) is 22.2. The molecule has 3 heterocycles. The summed E-state index contributed by atoms with van der Waals surface area (Å²) in [5.74, 6) is 0.266. The van der Waals surface area contributed by atoms with E-state index in [0.29, 0.717) is 6.61 Å². The Bertz CT molecular complexity index is 1090. The quantitative estimate of drug-likeness (QED) is 0.433. The first-order valence-electron chi connectivity index (χ1n) is 14.0. The molecule has 7 nitrogen and oxygen atoms in total. The molecule has 1 aromatic heterocycles. The van der Waals surface area contributed by atoms with Crippen LogP contribution in [-0.2, 0) is 33.5 Å².